The van der Waals surface area contributed by atoms with Crippen LogP contribution in [0, 0.1) is 6.92 Å². The first-order valence-corrected chi connectivity index (χ1v) is 7.98. The van der Waals surface area contributed by atoms with Crippen LogP contribution in [0.15, 0.2) is 34.9 Å². The maximum atomic E-state index is 6.23. The Hall–Kier alpha value is -1.06. The molecule has 0 saturated carbocycles. The second-order valence-corrected chi connectivity index (χ2v) is 6.48. The molecule has 1 aliphatic carbocycles. The zero-order chi connectivity index (χ0) is 14.1. The highest BCUT2D eigenvalue weighted by Crippen LogP contribution is 2.35. The van der Waals surface area contributed by atoms with Gasteiger partial charge in [-0.2, -0.15) is 0 Å². The summed E-state index contributed by atoms with van der Waals surface area (Å²) in [7, 11) is 0. The van der Waals surface area contributed by atoms with Crippen LogP contribution in [0.2, 0.25) is 5.02 Å². The molecule has 104 valence electrons. The predicted molar refractivity (Wildman–Crippen MR) is 87.4 cm³/mol. The number of fused-ring (bicyclic) bond motifs is 1. The van der Waals surface area contributed by atoms with Crippen molar-refractivity contribution in [2.24, 2.45) is 0 Å². The van der Waals surface area contributed by atoms with Gasteiger partial charge in [0.15, 0.2) is 0 Å². The Kier molecular flexibility index (Phi) is 3.99. The third-order valence-electron chi connectivity index (χ3n) is 3.77. The number of pyridine rings is 1. The molecule has 2 nitrogen and oxygen atoms in total. The van der Waals surface area contributed by atoms with Crippen LogP contribution in [-0.4, -0.2) is 4.98 Å². The van der Waals surface area contributed by atoms with Gasteiger partial charge in [-0.05, 0) is 71.4 Å². The van der Waals surface area contributed by atoms with Gasteiger partial charge in [0.1, 0.15) is 0 Å². The van der Waals surface area contributed by atoms with Crippen LogP contribution in [0.3, 0.4) is 0 Å². The van der Waals surface area contributed by atoms with E-state index in [-0.39, 0.29) is 6.04 Å². The van der Waals surface area contributed by atoms with Crippen molar-refractivity contribution in [3.05, 3.63) is 56.8 Å². The lowest BCUT2D eigenvalue weighted by Crippen LogP contribution is -2.19. The summed E-state index contributed by atoms with van der Waals surface area (Å²) in [5.74, 6) is 0. The molecule has 1 unspecified atom stereocenters. The van der Waals surface area contributed by atoms with Crippen molar-refractivity contribution in [3.8, 4) is 0 Å². The van der Waals surface area contributed by atoms with Gasteiger partial charge in [0.2, 0.25) is 0 Å². The minimum atomic E-state index is 0.259. The quantitative estimate of drug-likeness (QED) is 0.794. The fourth-order valence-electron chi connectivity index (χ4n) is 2.69. The van der Waals surface area contributed by atoms with Crippen molar-refractivity contribution in [2.75, 3.05) is 5.32 Å². The summed E-state index contributed by atoms with van der Waals surface area (Å²) >= 11 is 9.83. The van der Waals surface area contributed by atoms with E-state index in [1.165, 1.54) is 17.7 Å². The van der Waals surface area contributed by atoms with Crippen molar-refractivity contribution in [1.82, 2.24) is 4.98 Å². The maximum Gasteiger partial charge on any atom is 0.0688 e. The van der Waals surface area contributed by atoms with Crippen LogP contribution in [0.4, 0.5) is 5.69 Å². The molecule has 1 aromatic heterocycles. The van der Waals surface area contributed by atoms with Crippen LogP contribution in [0.1, 0.15) is 35.7 Å². The summed E-state index contributed by atoms with van der Waals surface area (Å²) in [4.78, 5) is 4.56. The Morgan fingerprint density at radius 2 is 2.25 bits per heavy atom. The summed E-state index contributed by atoms with van der Waals surface area (Å²) in [5.41, 5.74) is 4.63. The lowest BCUT2D eigenvalue weighted by molar-refractivity contribution is 0.583. The minimum Gasteiger partial charge on any atom is -0.376 e. The van der Waals surface area contributed by atoms with E-state index in [1.54, 1.807) is 0 Å². The van der Waals surface area contributed by atoms with E-state index in [1.807, 2.05) is 31.3 Å². The van der Waals surface area contributed by atoms with Crippen molar-refractivity contribution in [2.45, 2.75) is 32.2 Å². The number of aromatic nitrogens is 1. The zero-order valence-electron chi connectivity index (χ0n) is 11.3. The van der Waals surface area contributed by atoms with Crippen molar-refractivity contribution in [1.29, 1.82) is 0 Å². The largest absolute Gasteiger partial charge is 0.376 e. The van der Waals surface area contributed by atoms with Gasteiger partial charge in [-0.25, -0.2) is 0 Å². The van der Waals surface area contributed by atoms with E-state index < -0.39 is 0 Å². The van der Waals surface area contributed by atoms with E-state index in [0.717, 1.165) is 33.6 Å². The number of aryl methyl sites for hydroxylation is 2. The molecule has 20 heavy (non-hydrogen) atoms. The van der Waals surface area contributed by atoms with E-state index in [0.29, 0.717) is 0 Å². The highest BCUT2D eigenvalue weighted by atomic mass is 79.9. The predicted octanol–water partition coefficient (Wildman–Crippen LogP) is 5.30. The number of anilines is 1. The van der Waals surface area contributed by atoms with E-state index in [4.69, 9.17) is 11.6 Å². The number of hydrogen-bond donors (Lipinski definition) is 1. The van der Waals surface area contributed by atoms with Gasteiger partial charge < -0.3 is 5.32 Å². The average molecular weight is 352 g/mol. The first-order valence-electron chi connectivity index (χ1n) is 6.81. The Morgan fingerprint density at radius 1 is 1.40 bits per heavy atom. The van der Waals surface area contributed by atoms with Crippen LogP contribution < -0.4 is 5.32 Å². The summed E-state index contributed by atoms with van der Waals surface area (Å²) < 4.78 is 1.04. The SMILES string of the molecule is Cc1cc(Br)c(NC2CCCc3cccnc32)cc1Cl. The highest BCUT2D eigenvalue weighted by Gasteiger charge is 2.21. The van der Waals surface area contributed by atoms with E-state index in [9.17, 15) is 0 Å². The van der Waals surface area contributed by atoms with Gasteiger partial charge in [0.05, 0.1) is 17.4 Å². The molecule has 3 rings (SSSR count). The van der Waals surface area contributed by atoms with Gasteiger partial charge in [-0.15, -0.1) is 0 Å². The molecule has 0 radical (unpaired) electrons. The molecule has 0 spiro atoms. The maximum absolute atomic E-state index is 6.23. The molecule has 0 fully saturated rings. The number of rotatable bonds is 2. The molecule has 1 heterocycles. The fraction of sp³-hybridized carbons (Fsp3) is 0.312. The molecule has 1 atom stereocenters. The van der Waals surface area contributed by atoms with Crippen LogP contribution in [0.25, 0.3) is 0 Å². The third kappa shape index (κ3) is 2.70. The average Bonchev–Trinajstić information content (AvgIpc) is 2.45. The molecule has 0 bridgehead atoms. The molecule has 1 aromatic carbocycles. The molecular weight excluding hydrogens is 336 g/mol. The Labute approximate surface area is 132 Å². The Bertz CT molecular complexity index is 642. The van der Waals surface area contributed by atoms with Gasteiger partial charge in [0.25, 0.3) is 0 Å². The molecule has 4 heteroatoms. The van der Waals surface area contributed by atoms with Crippen molar-refractivity contribution >= 4 is 33.2 Å². The molecule has 0 aliphatic heterocycles. The lowest BCUT2D eigenvalue weighted by atomic mass is 9.92. The molecule has 1 aliphatic rings. The van der Waals surface area contributed by atoms with Gasteiger partial charge in [0, 0.05) is 15.7 Å². The smallest absolute Gasteiger partial charge is 0.0688 e. The fourth-order valence-corrected chi connectivity index (χ4v) is 3.43. The third-order valence-corrected chi connectivity index (χ3v) is 4.84. The first-order chi connectivity index (χ1) is 9.65. The standard InChI is InChI=1S/C16H16BrClN2/c1-10-8-12(17)15(9-13(10)18)20-14-6-2-4-11-5-3-7-19-16(11)14/h3,5,7-9,14,20H,2,4,6H2,1H3. The van der Waals surface area contributed by atoms with Crippen molar-refractivity contribution < 1.29 is 0 Å². The molecule has 1 N–H and O–H groups in total. The van der Waals surface area contributed by atoms with Gasteiger partial charge in [-0.1, -0.05) is 17.7 Å². The number of halogens is 2. The number of hydrogen-bond acceptors (Lipinski definition) is 2. The molecular formula is C16H16BrClN2. The summed E-state index contributed by atoms with van der Waals surface area (Å²) in [5, 5.41) is 4.36. The highest BCUT2D eigenvalue weighted by molar-refractivity contribution is 9.10. The van der Waals surface area contributed by atoms with E-state index in [2.05, 4.69) is 32.3 Å². The normalized spacial score (nSPS) is 17.6. The second kappa shape index (κ2) is 5.74. The zero-order valence-corrected chi connectivity index (χ0v) is 13.6. The van der Waals surface area contributed by atoms with Crippen LogP contribution in [0.5, 0.6) is 0 Å². The van der Waals surface area contributed by atoms with Crippen LogP contribution in [-0.2, 0) is 6.42 Å². The molecule has 2 aromatic rings. The van der Waals surface area contributed by atoms with Crippen molar-refractivity contribution in [3.63, 3.8) is 0 Å². The summed E-state index contributed by atoms with van der Waals surface area (Å²) in [6.45, 7) is 2.01. The monoisotopic (exact) mass is 350 g/mol. The summed E-state index contributed by atoms with van der Waals surface area (Å²) in [6.07, 6.45) is 5.28. The molecule has 0 amide bonds. The van der Waals surface area contributed by atoms with E-state index >= 15 is 0 Å². The number of nitrogens with zero attached hydrogens (tertiary/aromatic N) is 1. The number of benzene rings is 1. The summed E-state index contributed by atoms with van der Waals surface area (Å²) in [6, 6.07) is 8.48. The molecule has 0 saturated heterocycles. The van der Waals surface area contributed by atoms with Gasteiger partial charge in [-0.3, -0.25) is 4.98 Å². The topological polar surface area (TPSA) is 24.9 Å². The van der Waals surface area contributed by atoms with Gasteiger partial charge >= 0.3 is 0 Å². The Morgan fingerprint density at radius 3 is 3.10 bits per heavy atom. The Balaban J connectivity index is 1.91. The minimum absolute atomic E-state index is 0.259. The second-order valence-electron chi connectivity index (χ2n) is 5.22. The van der Waals surface area contributed by atoms with Crippen LogP contribution >= 0.6 is 27.5 Å². The lowest BCUT2D eigenvalue weighted by Gasteiger charge is -2.26. The number of nitrogens with one attached hydrogen (secondary N) is 1. The first kappa shape index (κ1) is 13.9.